The van der Waals surface area contributed by atoms with Gasteiger partial charge < -0.3 is 0 Å². The smallest absolute Gasteiger partial charge is 0.187 e. The summed E-state index contributed by atoms with van der Waals surface area (Å²) < 4.78 is 37.4. The van der Waals surface area contributed by atoms with Gasteiger partial charge in [-0.15, -0.1) is 21.6 Å². The molecule has 0 spiro atoms. The number of nitrogens with zero attached hydrogens (tertiary/aromatic N) is 2. The third-order valence-corrected chi connectivity index (χ3v) is 3.87. The first kappa shape index (κ1) is 16.8. The van der Waals surface area contributed by atoms with Crippen LogP contribution in [0.25, 0.3) is 10.2 Å². The number of hydrogen-bond donors (Lipinski definition) is 0. The number of hydrogen-bond acceptors (Lipinski definition) is 6. The molecule has 0 bridgehead atoms. The van der Waals surface area contributed by atoms with Crippen LogP contribution in [0, 0.1) is 10.2 Å². The summed E-state index contributed by atoms with van der Waals surface area (Å²) in [5, 5.41) is 1.17. The van der Waals surface area contributed by atoms with E-state index in [0.29, 0.717) is 0 Å². The standard InChI is InChI=1S/C14H13N2S.ClHO4/c1-16-9-5-4-6-11(16)10-14-15-12-7-2-3-8-13(12)17-14;2-1(3,4)5/h2-9H,10H2,1H3;(H,2,3,4,5)/q+1;/p-1. The van der Waals surface area contributed by atoms with Crippen LogP contribution < -0.4 is 23.2 Å². The lowest BCUT2D eigenvalue weighted by atomic mass is 10.2. The number of halogens is 1. The van der Waals surface area contributed by atoms with Gasteiger partial charge in [-0.3, -0.25) is 0 Å². The Hall–Kier alpha value is -1.61. The van der Waals surface area contributed by atoms with Crippen LogP contribution in [0.3, 0.4) is 0 Å². The van der Waals surface area contributed by atoms with E-state index < -0.39 is 10.2 Å². The van der Waals surface area contributed by atoms with Crippen molar-refractivity contribution in [2.75, 3.05) is 0 Å². The van der Waals surface area contributed by atoms with Crippen LogP contribution in [-0.2, 0) is 13.5 Å². The van der Waals surface area contributed by atoms with Gasteiger partial charge in [0.1, 0.15) is 12.1 Å². The second-order valence-corrected chi connectivity index (χ2v) is 6.30. The van der Waals surface area contributed by atoms with Crippen molar-refractivity contribution < 1.29 is 33.4 Å². The molecule has 0 aliphatic rings. The van der Waals surface area contributed by atoms with Crippen molar-refractivity contribution >= 4 is 21.6 Å². The zero-order valence-electron chi connectivity index (χ0n) is 11.6. The highest BCUT2D eigenvalue weighted by molar-refractivity contribution is 7.18. The van der Waals surface area contributed by atoms with Crippen LogP contribution in [0.15, 0.2) is 48.7 Å². The Bertz CT molecular complexity index is 719. The van der Waals surface area contributed by atoms with Gasteiger partial charge in [-0.1, -0.05) is 18.2 Å². The number of aryl methyl sites for hydroxylation is 1. The molecule has 2 heterocycles. The van der Waals surface area contributed by atoms with Crippen molar-refractivity contribution in [3.05, 3.63) is 59.4 Å². The van der Waals surface area contributed by atoms with E-state index in [9.17, 15) is 0 Å². The lowest BCUT2D eigenvalue weighted by Gasteiger charge is -2.17. The van der Waals surface area contributed by atoms with Crippen molar-refractivity contribution in [1.82, 2.24) is 4.98 Å². The van der Waals surface area contributed by atoms with Crippen molar-refractivity contribution in [3.63, 3.8) is 0 Å². The average Bonchev–Trinajstić information content (AvgIpc) is 2.82. The maximum absolute atomic E-state index is 8.49. The quantitative estimate of drug-likeness (QED) is 0.499. The van der Waals surface area contributed by atoms with Gasteiger partial charge in [0.15, 0.2) is 11.9 Å². The average molecular weight is 341 g/mol. The molecule has 0 N–H and O–H groups in total. The third-order valence-electron chi connectivity index (χ3n) is 2.83. The predicted octanol–water partition coefficient (Wildman–Crippen LogP) is -2.04. The Kier molecular flexibility index (Phi) is 5.41. The summed E-state index contributed by atoms with van der Waals surface area (Å²) in [6.45, 7) is 0. The molecule has 22 heavy (non-hydrogen) atoms. The first-order valence-electron chi connectivity index (χ1n) is 6.22. The molecule has 116 valence electrons. The first-order chi connectivity index (χ1) is 10.3. The molecule has 2 aromatic heterocycles. The SMILES string of the molecule is C[n+]1ccccc1Cc1nc2ccccc2s1.[O-][Cl+3]([O-])([O-])[O-]. The number of pyridine rings is 1. The fourth-order valence-corrected chi connectivity index (χ4v) is 2.88. The van der Waals surface area contributed by atoms with Crippen LogP contribution in [-0.4, -0.2) is 4.98 Å². The Labute approximate surface area is 133 Å². The van der Waals surface area contributed by atoms with E-state index >= 15 is 0 Å². The number of fused-ring (bicyclic) bond motifs is 1. The van der Waals surface area contributed by atoms with E-state index in [1.54, 1.807) is 11.3 Å². The van der Waals surface area contributed by atoms with Crippen molar-refractivity contribution in [3.8, 4) is 0 Å². The van der Waals surface area contributed by atoms with Crippen molar-refractivity contribution in [1.29, 1.82) is 0 Å². The van der Waals surface area contributed by atoms with Crippen LogP contribution in [0.4, 0.5) is 0 Å². The summed E-state index contributed by atoms with van der Waals surface area (Å²) in [5.41, 5.74) is 2.39. The normalized spacial score (nSPS) is 11.1. The Morgan fingerprint density at radius 3 is 2.32 bits per heavy atom. The number of thiazole rings is 1. The summed E-state index contributed by atoms with van der Waals surface area (Å²) in [7, 11) is -2.87. The molecule has 1 aromatic carbocycles. The van der Waals surface area contributed by atoms with Gasteiger partial charge in [-0.25, -0.2) is 28.2 Å². The molecule has 0 unspecified atom stereocenters. The molecule has 0 amide bonds. The fourth-order valence-electron chi connectivity index (χ4n) is 1.89. The van der Waals surface area contributed by atoms with Crippen molar-refractivity contribution in [2.24, 2.45) is 7.05 Å². The van der Waals surface area contributed by atoms with Crippen molar-refractivity contribution in [2.45, 2.75) is 6.42 Å². The highest BCUT2D eigenvalue weighted by Crippen LogP contribution is 2.22. The molecule has 3 aromatic rings. The molecule has 0 saturated carbocycles. The Morgan fingerprint density at radius 1 is 1.05 bits per heavy atom. The van der Waals surface area contributed by atoms with Crippen LogP contribution in [0.1, 0.15) is 10.7 Å². The highest BCUT2D eigenvalue weighted by Gasteiger charge is 2.10. The fraction of sp³-hybridized carbons (Fsp3) is 0.143. The monoisotopic (exact) mass is 340 g/mol. The molecule has 0 atom stereocenters. The molecule has 0 aliphatic carbocycles. The van der Waals surface area contributed by atoms with E-state index in [2.05, 4.69) is 53.1 Å². The van der Waals surface area contributed by atoms with Crippen LogP contribution in [0.2, 0.25) is 0 Å². The molecule has 0 aliphatic heterocycles. The molecule has 0 radical (unpaired) electrons. The summed E-state index contributed by atoms with van der Waals surface area (Å²) in [4.78, 5) is 4.65. The maximum Gasteiger partial charge on any atom is 0.187 e. The second kappa shape index (κ2) is 7.10. The van der Waals surface area contributed by atoms with Gasteiger partial charge in [0, 0.05) is 12.1 Å². The molecular weight excluding hydrogens is 328 g/mol. The summed E-state index contributed by atoms with van der Waals surface area (Å²) in [5.74, 6) is 0. The van der Waals surface area contributed by atoms with E-state index in [4.69, 9.17) is 18.6 Å². The van der Waals surface area contributed by atoms with E-state index in [-0.39, 0.29) is 0 Å². The minimum Gasteiger partial charge on any atom is -0.241 e. The molecule has 0 fully saturated rings. The Morgan fingerprint density at radius 2 is 1.68 bits per heavy atom. The maximum atomic E-state index is 8.49. The summed E-state index contributed by atoms with van der Waals surface area (Å²) in [6, 6.07) is 14.6. The first-order valence-corrected chi connectivity index (χ1v) is 8.28. The molecular formula is C14H13ClN2O4S. The topological polar surface area (TPSA) is 109 Å². The third kappa shape index (κ3) is 5.30. The van der Waals surface area contributed by atoms with Gasteiger partial charge in [0.2, 0.25) is 0 Å². The Balaban J connectivity index is 0.000000309. The number of para-hydroxylation sites is 1. The zero-order chi connectivity index (χ0) is 16.2. The van der Waals surface area contributed by atoms with Gasteiger partial charge in [0.25, 0.3) is 0 Å². The lowest BCUT2D eigenvalue weighted by Crippen LogP contribution is -2.68. The van der Waals surface area contributed by atoms with Gasteiger partial charge in [-0.2, -0.15) is 0 Å². The van der Waals surface area contributed by atoms with Gasteiger partial charge >= 0.3 is 0 Å². The van der Waals surface area contributed by atoms with Crippen LogP contribution >= 0.6 is 11.3 Å². The molecule has 6 nitrogen and oxygen atoms in total. The van der Waals surface area contributed by atoms with E-state index in [0.717, 1.165) is 11.9 Å². The van der Waals surface area contributed by atoms with E-state index in [1.165, 1.54) is 15.4 Å². The molecule has 8 heteroatoms. The number of benzene rings is 1. The predicted molar refractivity (Wildman–Crippen MR) is 70.0 cm³/mol. The highest BCUT2D eigenvalue weighted by atomic mass is 35.7. The van der Waals surface area contributed by atoms with Crippen LogP contribution in [0.5, 0.6) is 0 Å². The minimum atomic E-state index is -4.94. The second-order valence-electron chi connectivity index (χ2n) is 4.43. The largest absolute Gasteiger partial charge is 0.241 e. The molecule has 0 saturated heterocycles. The lowest BCUT2D eigenvalue weighted by molar-refractivity contribution is -2.00. The summed E-state index contributed by atoms with van der Waals surface area (Å²) >= 11 is 1.78. The number of rotatable bonds is 2. The zero-order valence-corrected chi connectivity index (χ0v) is 13.2. The van der Waals surface area contributed by atoms with Gasteiger partial charge in [0.05, 0.1) is 16.6 Å². The minimum absolute atomic E-state index is 0.899. The number of aromatic nitrogens is 2. The van der Waals surface area contributed by atoms with E-state index in [1.807, 2.05) is 12.1 Å². The van der Waals surface area contributed by atoms with Gasteiger partial charge in [-0.05, 0) is 12.1 Å². The summed E-state index contributed by atoms with van der Waals surface area (Å²) in [6.07, 6.45) is 2.97. The molecule has 3 rings (SSSR count).